The van der Waals surface area contributed by atoms with E-state index in [2.05, 4.69) is 0 Å². The molecule has 9 nitrogen and oxygen atoms in total. The third-order valence-corrected chi connectivity index (χ3v) is 5.38. The van der Waals surface area contributed by atoms with Crippen molar-refractivity contribution in [1.82, 2.24) is 4.90 Å². The van der Waals surface area contributed by atoms with Crippen LogP contribution in [0.4, 0.5) is 10.5 Å². The third kappa shape index (κ3) is 5.09. The van der Waals surface area contributed by atoms with Gasteiger partial charge in [-0.25, -0.2) is 0 Å². The molecule has 32 heavy (non-hydrogen) atoms. The van der Waals surface area contributed by atoms with E-state index in [1.165, 1.54) is 18.2 Å². The quantitative estimate of drug-likeness (QED) is 0.184. The fraction of sp³-hybridized carbons (Fsp3) is 0.190. The van der Waals surface area contributed by atoms with Gasteiger partial charge in [-0.2, -0.15) is 0 Å². The highest BCUT2D eigenvalue weighted by atomic mass is 35.5. The van der Waals surface area contributed by atoms with E-state index in [9.17, 15) is 24.5 Å². The molecule has 1 aliphatic heterocycles. The zero-order valence-electron chi connectivity index (χ0n) is 17.0. The van der Waals surface area contributed by atoms with Gasteiger partial charge >= 0.3 is 11.7 Å². The minimum atomic E-state index is -0.694. The van der Waals surface area contributed by atoms with Gasteiger partial charge in [-0.3, -0.25) is 29.4 Å². The number of benzene rings is 2. The largest absolute Gasteiger partial charge is 0.485 e. The van der Waals surface area contributed by atoms with Gasteiger partial charge in [0.2, 0.25) is 5.75 Å². The number of halogens is 1. The molecule has 3 rings (SSSR count). The highest BCUT2D eigenvalue weighted by molar-refractivity contribution is 8.18. The number of nitro groups is 1. The summed E-state index contributed by atoms with van der Waals surface area (Å²) in [7, 11) is 0. The van der Waals surface area contributed by atoms with Crippen LogP contribution in [0, 0.1) is 10.1 Å². The van der Waals surface area contributed by atoms with E-state index in [1.54, 1.807) is 31.2 Å². The lowest BCUT2D eigenvalue weighted by molar-refractivity contribution is -0.386. The van der Waals surface area contributed by atoms with Crippen molar-refractivity contribution >= 4 is 52.2 Å². The molecule has 1 heterocycles. The van der Waals surface area contributed by atoms with Gasteiger partial charge in [0.1, 0.15) is 0 Å². The Bertz CT molecular complexity index is 1150. The van der Waals surface area contributed by atoms with Crippen molar-refractivity contribution in [3.8, 4) is 11.5 Å². The normalized spacial score (nSPS) is 14.7. The molecule has 0 saturated carbocycles. The molecule has 0 N–H and O–H groups in total. The van der Waals surface area contributed by atoms with E-state index in [1.807, 2.05) is 0 Å². The predicted molar refractivity (Wildman–Crippen MR) is 119 cm³/mol. The van der Waals surface area contributed by atoms with E-state index < -0.39 is 27.7 Å². The molecule has 0 atom stereocenters. The van der Waals surface area contributed by atoms with Gasteiger partial charge < -0.3 is 9.47 Å². The standard InChI is InChI=1S/C21H17ClN2O7S/c1-3-30-19-16(31-12(2)25)8-7-14(18(19)24(28)29)10-17-20(26)23(21(27)32-17)11-13-5-4-6-15(22)9-13/h4-10H,3,11H2,1-2H3/b17-10-. The van der Waals surface area contributed by atoms with Crippen molar-refractivity contribution in [2.24, 2.45) is 0 Å². The minimum absolute atomic E-state index is 0.0141. The van der Waals surface area contributed by atoms with E-state index in [0.29, 0.717) is 22.3 Å². The van der Waals surface area contributed by atoms with Gasteiger partial charge in [0.05, 0.1) is 28.5 Å². The minimum Gasteiger partial charge on any atom is -0.485 e. The molecule has 2 aromatic carbocycles. The molecule has 166 valence electrons. The maximum Gasteiger partial charge on any atom is 0.322 e. The SMILES string of the molecule is CCOc1c(OC(C)=O)ccc(/C=C2\SC(=O)N(Cc3cccc(Cl)c3)C2=O)c1[N+](=O)[O-]. The second kappa shape index (κ2) is 9.84. The Morgan fingerprint density at radius 3 is 2.66 bits per heavy atom. The highest BCUT2D eigenvalue weighted by Gasteiger charge is 2.36. The molecule has 0 aliphatic carbocycles. The van der Waals surface area contributed by atoms with E-state index >= 15 is 0 Å². The molecular weight excluding hydrogens is 460 g/mol. The zero-order chi connectivity index (χ0) is 23.4. The van der Waals surface area contributed by atoms with Gasteiger partial charge in [-0.05, 0) is 54.6 Å². The van der Waals surface area contributed by atoms with Gasteiger partial charge in [0.15, 0.2) is 5.75 Å². The summed E-state index contributed by atoms with van der Waals surface area (Å²) in [6.45, 7) is 2.87. The number of carbonyl (C=O) groups is 3. The number of amides is 2. The average Bonchev–Trinajstić information content (AvgIpc) is 2.97. The Morgan fingerprint density at radius 2 is 2.03 bits per heavy atom. The summed E-state index contributed by atoms with van der Waals surface area (Å²) in [5, 5.41) is 11.7. The number of rotatable bonds is 7. The average molecular weight is 477 g/mol. The number of esters is 1. The number of nitro benzene ring substituents is 1. The molecule has 1 aliphatic rings. The molecule has 2 amide bonds. The molecule has 11 heteroatoms. The first-order valence-corrected chi connectivity index (χ1v) is 10.5. The van der Waals surface area contributed by atoms with E-state index in [4.69, 9.17) is 21.1 Å². The maximum absolute atomic E-state index is 12.8. The Kier molecular flexibility index (Phi) is 7.16. The maximum atomic E-state index is 12.8. The van der Waals surface area contributed by atoms with Crippen molar-refractivity contribution in [1.29, 1.82) is 0 Å². The van der Waals surface area contributed by atoms with Crippen molar-refractivity contribution in [2.45, 2.75) is 20.4 Å². The molecule has 0 radical (unpaired) electrons. The fourth-order valence-electron chi connectivity index (χ4n) is 2.99. The lowest BCUT2D eigenvalue weighted by Gasteiger charge is -2.13. The Labute approximate surface area is 192 Å². The zero-order valence-corrected chi connectivity index (χ0v) is 18.6. The predicted octanol–water partition coefficient (Wildman–Crippen LogP) is 4.81. The molecule has 0 bridgehead atoms. The van der Waals surface area contributed by atoms with Crippen LogP contribution in [-0.4, -0.2) is 33.5 Å². The second-order valence-electron chi connectivity index (χ2n) is 6.51. The number of thioether (sulfide) groups is 1. The van der Waals surface area contributed by atoms with Crippen LogP contribution in [-0.2, 0) is 16.1 Å². The van der Waals surface area contributed by atoms with Gasteiger partial charge in [-0.15, -0.1) is 0 Å². The molecule has 0 aromatic heterocycles. The summed E-state index contributed by atoms with van der Waals surface area (Å²) in [6, 6.07) is 9.40. The first-order valence-electron chi connectivity index (χ1n) is 9.33. The van der Waals surface area contributed by atoms with E-state index in [-0.39, 0.29) is 35.1 Å². The lowest BCUT2D eigenvalue weighted by Crippen LogP contribution is -2.27. The van der Waals surface area contributed by atoms with Gasteiger partial charge in [0.25, 0.3) is 11.1 Å². The first-order chi connectivity index (χ1) is 15.2. The number of imide groups is 1. The van der Waals surface area contributed by atoms with Crippen molar-refractivity contribution in [2.75, 3.05) is 6.61 Å². The summed E-state index contributed by atoms with van der Waals surface area (Å²) < 4.78 is 10.4. The Balaban J connectivity index is 1.99. The smallest absolute Gasteiger partial charge is 0.322 e. The molecule has 0 unspecified atom stereocenters. The topological polar surface area (TPSA) is 116 Å². The summed E-state index contributed by atoms with van der Waals surface area (Å²) in [4.78, 5) is 48.7. The number of ether oxygens (including phenoxy) is 2. The lowest BCUT2D eigenvalue weighted by atomic mass is 10.1. The van der Waals surface area contributed by atoms with Crippen molar-refractivity contribution in [3.63, 3.8) is 0 Å². The molecule has 1 saturated heterocycles. The van der Waals surface area contributed by atoms with Crippen LogP contribution in [0.3, 0.4) is 0 Å². The van der Waals surface area contributed by atoms with Crippen LogP contribution in [0.5, 0.6) is 11.5 Å². The van der Waals surface area contributed by atoms with Crippen LogP contribution in [0.2, 0.25) is 5.02 Å². The van der Waals surface area contributed by atoms with Crippen LogP contribution in [0.15, 0.2) is 41.3 Å². The summed E-state index contributed by atoms with van der Waals surface area (Å²) in [6.07, 6.45) is 1.25. The number of carbonyl (C=O) groups excluding carboxylic acids is 3. The van der Waals surface area contributed by atoms with Crippen molar-refractivity contribution in [3.05, 3.63) is 67.6 Å². The molecule has 1 fully saturated rings. The van der Waals surface area contributed by atoms with Crippen LogP contribution < -0.4 is 9.47 Å². The summed E-state index contributed by atoms with van der Waals surface area (Å²) in [5.74, 6) is -1.61. The second-order valence-corrected chi connectivity index (χ2v) is 7.94. The Hall–Kier alpha value is -3.37. The summed E-state index contributed by atoms with van der Waals surface area (Å²) in [5.41, 5.74) is 0.214. The number of nitrogens with zero attached hydrogens (tertiary/aromatic N) is 2. The van der Waals surface area contributed by atoms with Gasteiger partial charge in [-0.1, -0.05) is 23.7 Å². The fourth-order valence-corrected chi connectivity index (χ4v) is 4.03. The third-order valence-electron chi connectivity index (χ3n) is 4.24. The van der Waals surface area contributed by atoms with E-state index in [0.717, 1.165) is 11.8 Å². The van der Waals surface area contributed by atoms with Crippen LogP contribution >= 0.6 is 23.4 Å². The van der Waals surface area contributed by atoms with Gasteiger partial charge in [0, 0.05) is 11.9 Å². The van der Waals surface area contributed by atoms with Crippen LogP contribution in [0.1, 0.15) is 25.0 Å². The Morgan fingerprint density at radius 1 is 1.28 bits per heavy atom. The molecule has 2 aromatic rings. The highest BCUT2D eigenvalue weighted by Crippen LogP contribution is 2.42. The monoisotopic (exact) mass is 476 g/mol. The summed E-state index contributed by atoms with van der Waals surface area (Å²) >= 11 is 6.63. The van der Waals surface area contributed by atoms with Crippen LogP contribution in [0.25, 0.3) is 6.08 Å². The molecule has 0 spiro atoms. The van der Waals surface area contributed by atoms with Crippen molar-refractivity contribution < 1.29 is 28.8 Å². The number of hydrogen-bond donors (Lipinski definition) is 0. The molecular formula is C21H17ClN2O7S. The first kappa shape index (κ1) is 23.3. The number of hydrogen-bond acceptors (Lipinski definition) is 8.